The fourth-order valence-corrected chi connectivity index (χ4v) is 2.51. The third-order valence-electron chi connectivity index (χ3n) is 3.47. The van der Waals surface area contributed by atoms with Crippen molar-refractivity contribution in [1.82, 2.24) is 10.2 Å². The third-order valence-corrected chi connectivity index (χ3v) is 3.47. The van der Waals surface area contributed by atoms with Gasteiger partial charge in [-0.3, -0.25) is 9.69 Å². The van der Waals surface area contributed by atoms with Gasteiger partial charge >= 0.3 is 0 Å². The van der Waals surface area contributed by atoms with Gasteiger partial charge in [-0.1, -0.05) is 6.42 Å². The molecule has 5 heteroatoms. The van der Waals surface area contributed by atoms with Crippen LogP contribution in [0.1, 0.15) is 31.1 Å². The number of hydrogen-bond acceptors (Lipinski definition) is 4. The summed E-state index contributed by atoms with van der Waals surface area (Å²) in [6, 6.07) is 3.99. The highest BCUT2D eigenvalue weighted by Crippen LogP contribution is 2.24. The second kappa shape index (κ2) is 7.31. The predicted octanol–water partition coefficient (Wildman–Crippen LogP) is 1.57. The minimum Gasteiger partial charge on any atom is -0.468 e. The molecule has 1 aromatic rings. The number of nitrogens with zero attached hydrogens (tertiary/aromatic N) is 1. The van der Waals surface area contributed by atoms with E-state index in [0.717, 1.165) is 18.8 Å². The van der Waals surface area contributed by atoms with E-state index in [4.69, 9.17) is 9.15 Å². The third kappa shape index (κ3) is 4.08. The van der Waals surface area contributed by atoms with Crippen molar-refractivity contribution in [3.63, 3.8) is 0 Å². The van der Waals surface area contributed by atoms with Crippen LogP contribution in [0.5, 0.6) is 0 Å². The molecule has 106 valence electrons. The molecule has 0 radical (unpaired) electrons. The molecule has 1 atom stereocenters. The largest absolute Gasteiger partial charge is 0.468 e. The Hall–Kier alpha value is -1.33. The van der Waals surface area contributed by atoms with Crippen LogP contribution in [0.15, 0.2) is 22.8 Å². The molecule has 1 unspecified atom stereocenters. The Kier molecular flexibility index (Phi) is 5.42. The van der Waals surface area contributed by atoms with E-state index in [-0.39, 0.29) is 18.6 Å². The molecule has 19 heavy (non-hydrogen) atoms. The molecule has 0 spiro atoms. The number of hydrogen-bond donors (Lipinski definition) is 1. The first-order valence-corrected chi connectivity index (χ1v) is 6.84. The quantitative estimate of drug-likeness (QED) is 0.849. The zero-order valence-electron chi connectivity index (χ0n) is 11.4. The molecule has 1 saturated heterocycles. The van der Waals surface area contributed by atoms with Crippen molar-refractivity contribution in [2.75, 3.05) is 33.4 Å². The molecule has 0 saturated carbocycles. The minimum atomic E-state index is -0.0870. The minimum absolute atomic E-state index is 0.0870. The normalized spacial score (nSPS) is 18.2. The van der Waals surface area contributed by atoms with E-state index in [2.05, 4.69) is 10.2 Å². The fraction of sp³-hybridized carbons (Fsp3) is 0.643. The van der Waals surface area contributed by atoms with Gasteiger partial charge in [-0.2, -0.15) is 0 Å². The maximum absolute atomic E-state index is 11.5. The zero-order chi connectivity index (χ0) is 13.5. The van der Waals surface area contributed by atoms with Crippen LogP contribution in [0, 0.1) is 0 Å². The van der Waals surface area contributed by atoms with Crippen molar-refractivity contribution in [3.05, 3.63) is 24.2 Å². The smallest absolute Gasteiger partial charge is 0.246 e. The van der Waals surface area contributed by atoms with Crippen LogP contribution in [0.25, 0.3) is 0 Å². The number of rotatable bonds is 6. The van der Waals surface area contributed by atoms with Gasteiger partial charge in [0.25, 0.3) is 0 Å². The standard InChI is InChI=1S/C14H22N2O3/c1-18-11-14(17)15-10-12(13-6-5-9-19-13)16-7-3-2-4-8-16/h5-6,9,12H,2-4,7-8,10-11H2,1H3,(H,15,17). The van der Waals surface area contributed by atoms with Crippen LogP contribution in [-0.2, 0) is 9.53 Å². The molecule has 0 aliphatic carbocycles. The van der Waals surface area contributed by atoms with Crippen LogP contribution in [-0.4, -0.2) is 44.2 Å². The number of carbonyl (C=O) groups is 1. The first-order valence-electron chi connectivity index (χ1n) is 6.84. The average molecular weight is 266 g/mol. The number of likely N-dealkylation sites (tertiary alicyclic amines) is 1. The maximum atomic E-state index is 11.5. The molecule has 1 aromatic heterocycles. The van der Waals surface area contributed by atoms with E-state index in [1.165, 1.54) is 26.4 Å². The van der Waals surface area contributed by atoms with E-state index in [9.17, 15) is 4.79 Å². The van der Waals surface area contributed by atoms with Gasteiger partial charge in [0.15, 0.2) is 0 Å². The lowest BCUT2D eigenvalue weighted by atomic mass is 10.1. The van der Waals surface area contributed by atoms with Crippen molar-refractivity contribution in [2.24, 2.45) is 0 Å². The number of amides is 1. The Labute approximate surface area is 113 Å². The van der Waals surface area contributed by atoms with Crippen molar-refractivity contribution < 1.29 is 13.9 Å². The summed E-state index contributed by atoms with van der Waals surface area (Å²) in [5, 5.41) is 2.90. The van der Waals surface area contributed by atoms with Gasteiger partial charge in [0.05, 0.1) is 12.3 Å². The number of furan rings is 1. The highest BCUT2D eigenvalue weighted by Gasteiger charge is 2.24. The van der Waals surface area contributed by atoms with E-state index in [1.807, 2.05) is 12.1 Å². The zero-order valence-corrected chi connectivity index (χ0v) is 11.4. The van der Waals surface area contributed by atoms with E-state index in [0.29, 0.717) is 6.54 Å². The summed E-state index contributed by atoms with van der Waals surface area (Å²) in [5.74, 6) is 0.829. The molecular weight excluding hydrogens is 244 g/mol. The molecule has 1 N–H and O–H groups in total. The molecule has 2 rings (SSSR count). The van der Waals surface area contributed by atoms with Crippen LogP contribution < -0.4 is 5.32 Å². The van der Waals surface area contributed by atoms with Gasteiger partial charge in [-0.05, 0) is 38.1 Å². The molecular formula is C14H22N2O3. The summed E-state index contributed by atoms with van der Waals surface area (Å²) >= 11 is 0. The van der Waals surface area contributed by atoms with Crippen molar-refractivity contribution >= 4 is 5.91 Å². The van der Waals surface area contributed by atoms with Gasteiger partial charge in [0.2, 0.25) is 5.91 Å². The molecule has 1 amide bonds. The summed E-state index contributed by atoms with van der Waals surface area (Å²) in [6.45, 7) is 2.79. The predicted molar refractivity (Wildman–Crippen MR) is 71.8 cm³/mol. The molecule has 5 nitrogen and oxygen atoms in total. The number of piperidine rings is 1. The lowest BCUT2D eigenvalue weighted by molar-refractivity contribution is -0.125. The van der Waals surface area contributed by atoms with Crippen LogP contribution >= 0.6 is 0 Å². The highest BCUT2D eigenvalue weighted by molar-refractivity contribution is 5.77. The molecule has 0 aromatic carbocycles. The lowest BCUT2D eigenvalue weighted by Gasteiger charge is -2.33. The van der Waals surface area contributed by atoms with Gasteiger partial charge in [-0.25, -0.2) is 0 Å². The monoisotopic (exact) mass is 266 g/mol. The summed E-state index contributed by atoms with van der Waals surface area (Å²) in [5.41, 5.74) is 0. The summed E-state index contributed by atoms with van der Waals surface area (Å²) in [7, 11) is 1.52. The number of methoxy groups -OCH3 is 1. The van der Waals surface area contributed by atoms with Gasteiger partial charge < -0.3 is 14.5 Å². The Balaban J connectivity index is 1.96. The molecule has 2 heterocycles. The van der Waals surface area contributed by atoms with Crippen molar-refractivity contribution in [3.8, 4) is 0 Å². The highest BCUT2D eigenvalue weighted by atomic mass is 16.5. The van der Waals surface area contributed by atoms with Crippen molar-refractivity contribution in [2.45, 2.75) is 25.3 Å². The topological polar surface area (TPSA) is 54.7 Å². The summed E-state index contributed by atoms with van der Waals surface area (Å²) in [4.78, 5) is 13.9. The Bertz CT molecular complexity index is 372. The van der Waals surface area contributed by atoms with Crippen LogP contribution in [0.4, 0.5) is 0 Å². The molecule has 1 fully saturated rings. The summed E-state index contributed by atoms with van der Waals surface area (Å²) in [6.07, 6.45) is 5.40. The first-order chi connectivity index (χ1) is 9.31. The van der Waals surface area contributed by atoms with E-state index >= 15 is 0 Å². The van der Waals surface area contributed by atoms with E-state index in [1.54, 1.807) is 6.26 Å². The van der Waals surface area contributed by atoms with Gasteiger partial charge in [0.1, 0.15) is 12.4 Å². The first kappa shape index (κ1) is 14.1. The lowest BCUT2D eigenvalue weighted by Crippen LogP contribution is -2.41. The Morgan fingerprint density at radius 3 is 2.89 bits per heavy atom. The second-order valence-corrected chi connectivity index (χ2v) is 4.86. The van der Waals surface area contributed by atoms with Gasteiger partial charge in [-0.15, -0.1) is 0 Å². The molecule has 1 aliphatic rings. The number of ether oxygens (including phenoxy) is 1. The number of nitrogens with one attached hydrogen (secondary N) is 1. The average Bonchev–Trinajstić information content (AvgIpc) is 2.94. The Morgan fingerprint density at radius 1 is 1.47 bits per heavy atom. The summed E-state index contributed by atoms with van der Waals surface area (Å²) < 4.78 is 10.3. The SMILES string of the molecule is COCC(=O)NCC(c1ccco1)N1CCCCC1. The van der Waals surface area contributed by atoms with Gasteiger partial charge in [0, 0.05) is 13.7 Å². The van der Waals surface area contributed by atoms with E-state index < -0.39 is 0 Å². The van der Waals surface area contributed by atoms with Crippen LogP contribution in [0.3, 0.4) is 0 Å². The maximum Gasteiger partial charge on any atom is 0.246 e. The van der Waals surface area contributed by atoms with Crippen molar-refractivity contribution in [1.29, 1.82) is 0 Å². The second-order valence-electron chi connectivity index (χ2n) is 4.86. The Morgan fingerprint density at radius 2 is 2.26 bits per heavy atom. The van der Waals surface area contributed by atoms with Crippen LogP contribution in [0.2, 0.25) is 0 Å². The molecule has 0 bridgehead atoms. The molecule has 1 aliphatic heterocycles. The fourth-order valence-electron chi connectivity index (χ4n) is 2.51. The number of carbonyl (C=O) groups excluding carboxylic acids is 1.